The predicted molar refractivity (Wildman–Crippen MR) is 140 cm³/mol. The number of ketones is 1. The van der Waals surface area contributed by atoms with Crippen LogP contribution in [-0.2, 0) is 11.2 Å². The van der Waals surface area contributed by atoms with E-state index in [0.717, 1.165) is 31.4 Å². The summed E-state index contributed by atoms with van der Waals surface area (Å²) in [5.41, 5.74) is -1.33. The summed E-state index contributed by atoms with van der Waals surface area (Å²) in [4.78, 5) is 40.2. The van der Waals surface area contributed by atoms with E-state index in [2.05, 4.69) is 13.8 Å². The lowest BCUT2D eigenvalue weighted by molar-refractivity contribution is 0.0620. The first-order valence-corrected chi connectivity index (χ1v) is 13.2. The van der Waals surface area contributed by atoms with E-state index in [4.69, 9.17) is 4.74 Å². The Labute approximate surface area is 221 Å². The highest BCUT2D eigenvalue weighted by atomic mass is 19.1. The van der Waals surface area contributed by atoms with E-state index in [0.29, 0.717) is 32.1 Å². The second-order valence-corrected chi connectivity index (χ2v) is 9.79. The first kappa shape index (κ1) is 29.3. The third-order valence-electron chi connectivity index (χ3n) is 6.95. The number of nitrogens with zero attached hydrogens (tertiary/aromatic N) is 3. The van der Waals surface area contributed by atoms with Gasteiger partial charge < -0.3 is 14.7 Å². The zero-order valence-corrected chi connectivity index (χ0v) is 22.3. The number of fused-ring (bicyclic) bond motifs is 1. The number of aromatic nitrogens is 1. The smallest absolute Gasteiger partial charge is 0.277 e. The molecule has 0 bridgehead atoms. The second kappa shape index (κ2) is 13.5. The number of pyridine rings is 1. The second-order valence-electron chi connectivity index (χ2n) is 9.79. The van der Waals surface area contributed by atoms with Gasteiger partial charge in [0.25, 0.3) is 5.91 Å². The van der Waals surface area contributed by atoms with Gasteiger partial charge in [0.2, 0.25) is 5.43 Å². The number of aromatic hydroxyl groups is 1. The van der Waals surface area contributed by atoms with Crippen molar-refractivity contribution in [1.29, 1.82) is 0 Å². The molecule has 0 fully saturated rings. The van der Waals surface area contributed by atoms with E-state index >= 15 is 0 Å². The normalized spacial score (nSPS) is 14.1. The van der Waals surface area contributed by atoms with Crippen LogP contribution in [0.15, 0.2) is 29.2 Å². The number of Topliss-reactive ketones (excluding diaryl/α,β-unsaturated/α-hetero) is 1. The standard InChI is InChI=1S/C28H37F2N3O5/c1-4-6-8-19(5-2)17-38-14-7-13-32-18-31(3)33-16-22(26(35)27(36)25(33)28(32)37)24(34)12-10-20-9-11-21(29)15-23(20)30/h9,11,15-16,19,36H,4-8,10,12-14,17-18H2,1-3H3. The topological polar surface area (TPSA) is 92.1 Å². The van der Waals surface area contributed by atoms with E-state index in [1.54, 1.807) is 12.1 Å². The summed E-state index contributed by atoms with van der Waals surface area (Å²) in [6, 6.07) is 3.07. The van der Waals surface area contributed by atoms with Crippen LogP contribution in [0, 0.1) is 17.6 Å². The van der Waals surface area contributed by atoms with E-state index < -0.39 is 34.5 Å². The number of rotatable bonds is 14. The molecule has 1 aliphatic heterocycles. The Morgan fingerprint density at radius 1 is 1.18 bits per heavy atom. The lowest BCUT2D eigenvalue weighted by atomic mass is 10.0. The fourth-order valence-corrected chi connectivity index (χ4v) is 4.57. The average molecular weight is 534 g/mol. The summed E-state index contributed by atoms with van der Waals surface area (Å²) in [6.45, 7) is 6.08. The number of carbonyl (C=O) groups is 2. The van der Waals surface area contributed by atoms with Crippen molar-refractivity contribution in [2.45, 2.75) is 58.8 Å². The first-order valence-electron chi connectivity index (χ1n) is 13.2. The first-order chi connectivity index (χ1) is 18.2. The summed E-state index contributed by atoms with van der Waals surface area (Å²) < 4.78 is 34.2. The maximum atomic E-state index is 13.9. The molecule has 8 nitrogen and oxygen atoms in total. The fourth-order valence-electron chi connectivity index (χ4n) is 4.57. The van der Waals surface area contributed by atoms with E-state index in [1.165, 1.54) is 28.3 Å². The molecule has 0 saturated heterocycles. The molecule has 208 valence electrons. The van der Waals surface area contributed by atoms with Gasteiger partial charge in [-0.1, -0.05) is 39.2 Å². The maximum Gasteiger partial charge on any atom is 0.277 e. The lowest BCUT2D eigenvalue weighted by Crippen LogP contribution is -2.53. The molecule has 2 aromatic rings. The Morgan fingerprint density at radius 3 is 2.63 bits per heavy atom. The van der Waals surface area contributed by atoms with Crippen molar-refractivity contribution >= 4 is 11.7 Å². The van der Waals surface area contributed by atoms with Gasteiger partial charge in [-0.3, -0.25) is 24.1 Å². The molecule has 38 heavy (non-hydrogen) atoms. The molecule has 1 aromatic heterocycles. The molecule has 1 aromatic carbocycles. The minimum absolute atomic E-state index is 0.0465. The minimum atomic E-state index is -0.953. The number of ether oxygens (including phenoxy) is 1. The number of halogens is 2. The quantitative estimate of drug-likeness (QED) is 0.288. The van der Waals surface area contributed by atoms with E-state index in [-0.39, 0.29) is 36.3 Å². The van der Waals surface area contributed by atoms with Gasteiger partial charge in [-0.05, 0) is 36.8 Å². The van der Waals surface area contributed by atoms with Gasteiger partial charge >= 0.3 is 0 Å². The van der Waals surface area contributed by atoms with Crippen LogP contribution in [0.5, 0.6) is 5.75 Å². The van der Waals surface area contributed by atoms with Crippen LogP contribution in [0.1, 0.15) is 78.8 Å². The SMILES string of the molecule is CCCCC(CC)COCCCN1CN(C)n2cc(C(=O)CCc3ccc(F)cc3F)c(=O)c(O)c2C1=O. The molecule has 0 spiro atoms. The summed E-state index contributed by atoms with van der Waals surface area (Å²) in [5.74, 6) is -2.91. The average Bonchev–Trinajstić information content (AvgIpc) is 2.89. The summed E-state index contributed by atoms with van der Waals surface area (Å²) in [7, 11) is 1.67. The lowest BCUT2D eigenvalue weighted by Gasteiger charge is -2.37. The number of hydrogen-bond acceptors (Lipinski definition) is 6. The number of aryl methyl sites for hydroxylation is 1. The molecular weight excluding hydrogens is 496 g/mol. The van der Waals surface area contributed by atoms with Crippen molar-refractivity contribution in [1.82, 2.24) is 9.58 Å². The largest absolute Gasteiger partial charge is 0.502 e. The zero-order chi connectivity index (χ0) is 27.8. The number of benzene rings is 1. The molecular formula is C28H37F2N3O5. The highest BCUT2D eigenvalue weighted by Gasteiger charge is 2.32. The third kappa shape index (κ3) is 6.98. The van der Waals surface area contributed by atoms with Crippen LogP contribution < -0.4 is 10.4 Å². The van der Waals surface area contributed by atoms with Crippen LogP contribution in [0.4, 0.5) is 8.78 Å². The van der Waals surface area contributed by atoms with Crippen LogP contribution in [0.2, 0.25) is 0 Å². The molecule has 0 saturated carbocycles. The molecule has 1 unspecified atom stereocenters. The highest BCUT2D eigenvalue weighted by Crippen LogP contribution is 2.22. The highest BCUT2D eigenvalue weighted by molar-refractivity contribution is 6.00. The molecule has 1 N–H and O–H groups in total. The third-order valence-corrected chi connectivity index (χ3v) is 6.95. The molecule has 3 rings (SSSR count). The van der Waals surface area contributed by atoms with Crippen molar-refractivity contribution in [3.05, 3.63) is 63.1 Å². The summed E-state index contributed by atoms with van der Waals surface area (Å²) in [6.07, 6.45) is 6.11. The molecule has 0 radical (unpaired) electrons. The van der Waals surface area contributed by atoms with Gasteiger partial charge in [-0.2, -0.15) is 0 Å². The fraction of sp³-hybridized carbons (Fsp3) is 0.536. The number of unbranched alkanes of at least 4 members (excludes halogenated alkanes) is 1. The Bertz CT molecular complexity index is 1200. The van der Waals surface area contributed by atoms with Gasteiger partial charge in [-0.25, -0.2) is 8.78 Å². The predicted octanol–water partition coefficient (Wildman–Crippen LogP) is 4.25. The molecule has 1 aliphatic rings. The minimum Gasteiger partial charge on any atom is -0.502 e. The molecule has 1 amide bonds. The van der Waals surface area contributed by atoms with Crippen LogP contribution in [-0.4, -0.2) is 59.8 Å². The van der Waals surface area contributed by atoms with Gasteiger partial charge in [0.15, 0.2) is 17.2 Å². The Morgan fingerprint density at radius 2 is 1.95 bits per heavy atom. The molecule has 10 heteroatoms. The Kier molecular flexibility index (Phi) is 10.4. The van der Waals surface area contributed by atoms with Crippen molar-refractivity contribution in [2.75, 3.05) is 38.5 Å². The van der Waals surface area contributed by atoms with Gasteiger partial charge in [0.1, 0.15) is 18.3 Å². The number of carbonyl (C=O) groups excluding carboxylic acids is 2. The zero-order valence-electron chi connectivity index (χ0n) is 22.3. The molecule has 0 aliphatic carbocycles. The van der Waals surface area contributed by atoms with E-state index in [9.17, 15) is 28.3 Å². The van der Waals surface area contributed by atoms with Gasteiger partial charge in [0.05, 0.1) is 5.56 Å². The molecule has 2 heterocycles. The van der Waals surface area contributed by atoms with Crippen molar-refractivity contribution in [2.24, 2.45) is 5.92 Å². The van der Waals surface area contributed by atoms with Crippen molar-refractivity contribution in [3.63, 3.8) is 0 Å². The Balaban J connectivity index is 1.64. The van der Waals surface area contributed by atoms with E-state index in [1.807, 2.05) is 0 Å². The Hall–Kier alpha value is -3.27. The summed E-state index contributed by atoms with van der Waals surface area (Å²) in [5, 5.41) is 12.2. The van der Waals surface area contributed by atoms with Crippen LogP contribution >= 0.6 is 0 Å². The van der Waals surface area contributed by atoms with Crippen LogP contribution in [0.3, 0.4) is 0 Å². The van der Waals surface area contributed by atoms with Crippen molar-refractivity contribution in [3.8, 4) is 5.75 Å². The van der Waals surface area contributed by atoms with Gasteiger partial charge in [0, 0.05) is 45.5 Å². The molecule has 1 atom stereocenters. The van der Waals surface area contributed by atoms with Crippen LogP contribution in [0.25, 0.3) is 0 Å². The summed E-state index contributed by atoms with van der Waals surface area (Å²) >= 11 is 0. The monoisotopic (exact) mass is 533 g/mol. The maximum absolute atomic E-state index is 13.9. The van der Waals surface area contributed by atoms with Crippen molar-refractivity contribution < 1.29 is 28.2 Å². The van der Waals surface area contributed by atoms with Gasteiger partial charge in [-0.15, -0.1) is 0 Å². The number of amides is 1. The number of hydrogen-bond donors (Lipinski definition) is 1.